The van der Waals surface area contributed by atoms with Gasteiger partial charge in [-0.25, -0.2) is 0 Å². The second-order valence-electron chi connectivity index (χ2n) is 3.27. The molecule has 0 spiro atoms. The molecule has 0 N–H and O–H groups in total. The summed E-state index contributed by atoms with van der Waals surface area (Å²) in [7, 11) is 0. The maximum atomic E-state index is 12.3. The van der Waals surface area contributed by atoms with Crippen molar-refractivity contribution in [1.82, 2.24) is 4.90 Å². The fraction of sp³-hybridized carbons (Fsp3) is 0.444. The number of nitrogens with zero attached hydrogens (tertiary/aromatic N) is 1. The predicted octanol–water partition coefficient (Wildman–Crippen LogP) is 4.30. The average molecular weight is 341 g/mol. The molecule has 2 nitrogen and oxygen atoms in total. The molecule has 0 fully saturated rings. The molecule has 0 saturated carbocycles. The number of hydrogen-bond donors (Lipinski definition) is 0. The molecule has 0 bridgehead atoms. The first-order valence-electron chi connectivity index (χ1n) is 4.61. The highest BCUT2D eigenvalue weighted by molar-refractivity contribution is 7.20. The zero-order valence-electron chi connectivity index (χ0n) is 8.73. The topological polar surface area (TPSA) is 20.3 Å². The maximum absolute atomic E-state index is 12.3. The molecule has 1 aromatic rings. The number of hydrogen-bond acceptors (Lipinski definition) is 2. The first-order valence-corrected chi connectivity index (χ1v) is 6.72. The summed E-state index contributed by atoms with van der Waals surface area (Å²) in [6, 6.07) is 1.24. The van der Waals surface area contributed by atoms with Crippen LogP contribution in [0.1, 0.15) is 10.4 Å². The van der Waals surface area contributed by atoms with Crippen LogP contribution < -0.4 is 0 Å². The first kappa shape index (κ1) is 15.9. The largest absolute Gasteiger partial charge is 0.406 e. The van der Waals surface area contributed by atoms with Crippen molar-refractivity contribution in [2.75, 3.05) is 19.0 Å². The zero-order chi connectivity index (χ0) is 13.9. The van der Waals surface area contributed by atoms with Gasteiger partial charge in [-0.15, -0.1) is 22.9 Å². The number of rotatable bonds is 4. The van der Waals surface area contributed by atoms with Gasteiger partial charge in [0.1, 0.15) is 10.9 Å². The van der Waals surface area contributed by atoms with Crippen LogP contribution in [0, 0.1) is 0 Å². The van der Waals surface area contributed by atoms with Gasteiger partial charge >= 0.3 is 6.18 Å². The normalized spacial score (nSPS) is 11.7. The number of halogens is 6. The van der Waals surface area contributed by atoms with E-state index < -0.39 is 18.6 Å². The third-order valence-corrected chi connectivity index (χ3v) is 3.56. The van der Waals surface area contributed by atoms with E-state index in [-0.39, 0.29) is 26.7 Å². The van der Waals surface area contributed by atoms with E-state index in [2.05, 4.69) is 0 Å². The fourth-order valence-corrected chi connectivity index (χ4v) is 2.88. The molecule has 0 aliphatic heterocycles. The van der Waals surface area contributed by atoms with E-state index in [9.17, 15) is 18.0 Å². The number of carbonyl (C=O) groups excluding carboxylic acids is 1. The molecule has 1 aromatic heterocycles. The van der Waals surface area contributed by atoms with Gasteiger partial charge in [-0.2, -0.15) is 13.2 Å². The molecule has 0 atom stereocenters. The summed E-state index contributed by atoms with van der Waals surface area (Å²) >= 11 is 17.7. The first-order chi connectivity index (χ1) is 8.24. The van der Waals surface area contributed by atoms with Crippen molar-refractivity contribution in [3.63, 3.8) is 0 Å². The van der Waals surface area contributed by atoms with E-state index in [0.717, 1.165) is 11.3 Å². The average Bonchev–Trinajstić information content (AvgIpc) is 2.54. The molecule has 1 heterocycles. The smallest absolute Gasteiger partial charge is 0.328 e. The van der Waals surface area contributed by atoms with E-state index >= 15 is 0 Å². The van der Waals surface area contributed by atoms with E-state index in [1.165, 1.54) is 6.07 Å². The zero-order valence-corrected chi connectivity index (χ0v) is 11.8. The Hall–Kier alpha value is -0.170. The quantitative estimate of drug-likeness (QED) is 0.748. The van der Waals surface area contributed by atoms with Crippen molar-refractivity contribution in [3.05, 3.63) is 20.3 Å². The van der Waals surface area contributed by atoms with Crippen LogP contribution in [0.3, 0.4) is 0 Å². The second kappa shape index (κ2) is 6.32. The molecule has 0 aliphatic carbocycles. The number of carbonyl (C=O) groups is 1. The summed E-state index contributed by atoms with van der Waals surface area (Å²) < 4.78 is 37.3. The van der Waals surface area contributed by atoms with Crippen molar-refractivity contribution in [3.8, 4) is 0 Å². The summed E-state index contributed by atoms with van der Waals surface area (Å²) in [5.41, 5.74) is -0.0407. The summed E-state index contributed by atoms with van der Waals surface area (Å²) in [4.78, 5) is 12.5. The minimum absolute atomic E-state index is 0.0407. The van der Waals surface area contributed by atoms with Gasteiger partial charge in [0.15, 0.2) is 0 Å². The lowest BCUT2D eigenvalue weighted by atomic mass is 10.3. The Morgan fingerprint density at radius 3 is 2.39 bits per heavy atom. The lowest BCUT2D eigenvalue weighted by Crippen LogP contribution is -2.40. The molecule has 0 saturated heterocycles. The molecule has 0 unspecified atom stereocenters. The molecule has 9 heteroatoms. The van der Waals surface area contributed by atoms with Crippen molar-refractivity contribution >= 4 is 52.0 Å². The van der Waals surface area contributed by atoms with E-state index in [1.54, 1.807) is 0 Å². The number of thiophene rings is 1. The predicted molar refractivity (Wildman–Crippen MR) is 67.0 cm³/mol. The van der Waals surface area contributed by atoms with Crippen molar-refractivity contribution in [2.45, 2.75) is 6.18 Å². The molecule has 0 radical (unpaired) electrons. The van der Waals surface area contributed by atoms with Crippen LogP contribution in [0.5, 0.6) is 0 Å². The van der Waals surface area contributed by atoms with Crippen molar-refractivity contribution < 1.29 is 18.0 Å². The van der Waals surface area contributed by atoms with Crippen LogP contribution in [-0.4, -0.2) is 36.0 Å². The SMILES string of the molecule is O=C(c1cc(Cl)sc1Cl)N(CCCl)CC(F)(F)F. The van der Waals surface area contributed by atoms with Gasteiger partial charge in [0.25, 0.3) is 5.91 Å². The van der Waals surface area contributed by atoms with Gasteiger partial charge in [-0.1, -0.05) is 23.2 Å². The monoisotopic (exact) mass is 339 g/mol. The standard InChI is InChI=1S/C9H7Cl3F3NOS/c10-1-2-16(4-9(13,14)15)8(17)5-3-6(11)18-7(5)12/h3H,1-2,4H2. The van der Waals surface area contributed by atoms with Gasteiger partial charge in [0.2, 0.25) is 0 Å². The highest BCUT2D eigenvalue weighted by Crippen LogP contribution is 2.32. The van der Waals surface area contributed by atoms with Gasteiger partial charge in [0, 0.05) is 12.4 Å². The minimum Gasteiger partial charge on any atom is -0.328 e. The summed E-state index contributed by atoms with van der Waals surface area (Å²) in [5.74, 6) is -0.932. The van der Waals surface area contributed by atoms with Crippen molar-refractivity contribution in [2.24, 2.45) is 0 Å². The molecule has 0 aliphatic rings. The Morgan fingerprint density at radius 2 is 2.00 bits per heavy atom. The third-order valence-electron chi connectivity index (χ3n) is 1.90. The molecule has 0 aromatic carbocycles. The Balaban J connectivity index is 2.92. The van der Waals surface area contributed by atoms with Gasteiger partial charge in [-0.3, -0.25) is 4.79 Å². The Morgan fingerprint density at radius 1 is 1.39 bits per heavy atom. The Kier molecular flexibility index (Phi) is 5.58. The fourth-order valence-electron chi connectivity index (χ4n) is 1.23. The van der Waals surface area contributed by atoms with Gasteiger partial charge in [0.05, 0.1) is 9.90 Å². The molecular weight excluding hydrogens is 334 g/mol. The van der Waals surface area contributed by atoms with Crippen LogP contribution in [0.25, 0.3) is 0 Å². The van der Waals surface area contributed by atoms with Gasteiger partial charge in [-0.05, 0) is 6.07 Å². The van der Waals surface area contributed by atoms with Crippen LogP contribution in [0.4, 0.5) is 13.2 Å². The molecule has 18 heavy (non-hydrogen) atoms. The summed E-state index contributed by atoms with van der Waals surface area (Å²) in [6.45, 7) is -1.59. The van der Waals surface area contributed by atoms with Crippen LogP contribution in [0.15, 0.2) is 6.07 Å². The second-order valence-corrected chi connectivity index (χ2v) is 5.93. The molecule has 102 valence electrons. The van der Waals surface area contributed by atoms with Crippen LogP contribution in [0.2, 0.25) is 8.67 Å². The number of alkyl halides is 4. The maximum Gasteiger partial charge on any atom is 0.406 e. The third kappa shape index (κ3) is 4.50. The van der Waals surface area contributed by atoms with Gasteiger partial charge < -0.3 is 4.90 Å². The van der Waals surface area contributed by atoms with E-state index in [0.29, 0.717) is 4.90 Å². The van der Waals surface area contributed by atoms with E-state index in [1.807, 2.05) is 0 Å². The molecule has 1 amide bonds. The highest BCUT2D eigenvalue weighted by Gasteiger charge is 2.34. The summed E-state index contributed by atoms with van der Waals surface area (Å²) in [5, 5.41) is 0. The van der Waals surface area contributed by atoms with Crippen molar-refractivity contribution in [1.29, 1.82) is 0 Å². The lowest BCUT2D eigenvalue weighted by Gasteiger charge is -2.22. The minimum atomic E-state index is -4.49. The molecular formula is C9H7Cl3F3NOS. The number of amides is 1. The van der Waals surface area contributed by atoms with Crippen LogP contribution >= 0.6 is 46.1 Å². The lowest BCUT2D eigenvalue weighted by molar-refractivity contribution is -0.140. The highest BCUT2D eigenvalue weighted by atomic mass is 35.5. The van der Waals surface area contributed by atoms with E-state index in [4.69, 9.17) is 34.8 Å². The summed E-state index contributed by atoms with van der Waals surface area (Å²) in [6.07, 6.45) is -4.49. The Bertz CT molecular complexity index is 435. The molecule has 1 rings (SSSR count). The Labute approximate surface area is 120 Å². The van der Waals surface area contributed by atoms with Crippen LogP contribution in [-0.2, 0) is 0 Å².